The topological polar surface area (TPSA) is 110 Å². The minimum atomic E-state index is -0.226. The highest BCUT2D eigenvalue weighted by Crippen LogP contribution is 2.40. The van der Waals surface area contributed by atoms with E-state index in [0.717, 1.165) is 17.8 Å². The number of pyridine rings is 2. The van der Waals surface area contributed by atoms with Gasteiger partial charge in [0.15, 0.2) is 0 Å². The van der Waals surface area contributed by atoms with E-state index in [-0.39, 0.29) is 41.8 Å². The molecule has 2 amide bonds. The Kier molecular flexibility index (Phi) is 5.19. The number of rotatable bonds is 4. The highest BCUT2D eigenvalue weighted by molar-refractivity contribution is 5.93. The van der Waals surface area contributed by atoms with Gasteiger partial charge in [-0.3, -0.25) is 19.4 Å². The molecule has 2 bridgehead atoms. The Bertz CT molecular complexity index is 985. The van der Waals surface area contributed by atoms with E-state index in [1.807, 2.05) is 13.0 Å². The maximum Gasteiger partial charge on any atom is 0.252 e. The number of nitrogens with zero attached hydrogens (tertiary/aromatic N) is 3. The molecule has 0 unspecified atom stereocenters. The zero-order valence-electron chi connectivity index (χ0n) is 16.4. The SMILES string of the molecule is Cc1ccc(C(=O)NC[C@H]2[C@H]3C[C@H](CN(C(=O)CN)C3)c3cccc(=O)n32)cn1. The number of carbonyl (C=O) groups excluding carboxylic acids is 2. The summed E-state index contributed by atoms with van der Waals surface area (Å²) >= 11 is 0. The van der Waals surface area contributed by atoms with Crippen molar-refractivity contribution >= 4 is 11.8 Å². The zero-order chi connectivity index (χ0) is 20.5. The summed E-state index contributed by atoms with van der Waals surface area (Å²) in [5.74, 6) is -0.129. The Morgan fingerprint density at radius 3 is 2.79 bits per heavy atom. The molecule has 2 aliphatic rings. The summed E-state index contributed by atoms with van der Waals surface area (Å²) in [4.78, 5) is 43.4. The number of fused-ring (bicyclic) bond motifs is 4. The second kappa shape index (κ2) is 7.79. The largest absolute Gasteiger partial charge is 0.350 e. The lowest BCUT2D eigenvalue weighted by atomic mass is 9.78. The second-order valence-electron chi connectivity index (χ2n) is 7.82. The molecule has 1 saturated heterocycles. The van der Waals surface area contributed by atoms with Crippen molar-refractivity contribution in [2.75, 3.05) is 26.2 Å². The van der Waals surface area contributed by atoms with Gasteiger partial charge in [0.25, 0.3) is 11.5 Å². The number of piperidine rings is 1. The van der Waals surface area contributed by atoms with Crippen LogP contribution >= 0.6 is 0 Å². The van der Waals surface area contributed by atoms with Crippen molar-refractivity contribution in [1.29, 1.82) is 0 Å². The quantitative estimate of drug-likeness (QED) is 0.780. The molecule has 4 rings (SSSR count). The first kappa shape index (κ1) is 19.3. The van der Waals surface area contributed by atoms with Crippen LogP contribution in [-0.4, -0.2) is 52.4 Å². The fourth-order valence-corrected chi connectivity index (χ4v) is 4.54. The predicted molar refractivity (Wildman–Crippen MR) is 108 cm³/mol. The maximum absolute atomic E-state index is 12.7. The number of likely N-dealkylation sites (tertiary alicyclic amines) is 1. The van der Waals surface area contributed by atoms with Gasteiger partial charge in [-0.15, -0.1) is 0 Å². The second-order valence-corrected chi connectivity index (χ2v) is 7.82. The molecular weight excluding hydrogens is 370 g/mol. The van der Waals surface area contributed by atoms with Crippen LogP contribution in [0.2, 0.25) is 0 Å². The van der Waals surface area contributed by atoms with Crippen LogP contribution in [0.15, 0.2) is 41.3 Å². The highest BCUT2D eigenvalue weighted by atomic mass is 16.2. The van der Waals surface area contributed by atoms with Gasteiger partial charge in [0.1, 0.15) is 0 Å². The number of nitrogens with one attached hydrogen (secondary N) is 1. The molecule has 0 saturated carbocycles. The molecule has 3 atom stereocenters. The minimum absolute atomic E-state index is 0.0249. The predicted octanol–water partition coefficient (Wildman–Crippen LogP) is 0.427. The van der Waals surface area contributed by atoms with E-state index in [4.69, 9.17) is 5.73 Å². The van der Waals surface area contributed by atoms with Crippen LogP contribution in [0.1, 0.15) is 40.1 Å². The summed E-state index contributed by atoms with van der Waals surface area (Å²) in [6, 6.07) is 8.55. The minimum Gasteiger partial charge on any atom is -0.350 e. The summed E-state index contributed by atoms with van der Waals surface area (Å²) in [5, 5.41) is 2.95. The lowest BCUT2D eigenvalue weighted by Gasteiger charge is -2.47. The molecule has 0 aliphatic carbocycles. The molecule has 0 radical (unpaired) electrons. The Hall–Kier alpha value is -3.00. The van der Waals surface area contributed by atoms with Gasteiger partial charge in [-0.05, 0) is 37.5 Å². The molecule has 8 heteroatoms. The van der Waals surface area contributed by atoms with E-state index in [1.165, 1.54) is 0 Å². The van der Waals surface area contributed by atoms with Crippen LogP contribution < -0.4 is 16.6 Å². The monoisotopic (exact) mass is 395 g/mol. The Labute approximate surface area is 168 Å². The van der Waals surface area contributed by atoms with Crippen LogP contribution in [0.25, 0.3) is 0 Å². The first-order valence-electron chi connectivity index (χ1n) is 9.88. The standard InChI is InChI=1S/C21H25N5O3/c1-13-5-6-14(9-23-13)21(29)24-10-18-16-7-15(11-25(12-16)20(28)8-22)17-3-2-4-19(27)26(17)18/h2-6,9,15-16,18H,7-8,10-12,22H2,1H3,(H,24,29)/t15-,16+,18+/m1/s1. The van der Waals surface area contributed by atoms with Gasteiger partial charge >= 0.3 is 0 Å². The van der Waals surface area contributed by atoms with E-state index in [1.54, 1.807) is 39.9 Å². The molecule has 1 fully saturated rings. The van der Waals surface area contributed by atoms with Crippen molar-refractivity contribution in [1.82, 2.24) is 19.8 Å². The lowest BCUT2D eigenvalue weighted by molar-refractivity contribution is -0.132. The van der Waals surface area contributed by atoms with Crippen molar-refractivity contribution in [2.45, 2.75) is 25.3 Å². The Morgan fingerprint density at radius 2 is 2.07 bits per heavy atom. The van der Waals surface area contributed by atoms with Crippen molar-refractivity contribution < 1.29 is 9.59 Å². The van der Waals surface area contributed by atoms with Crippen LogP contribution in [0.5, 0.6) is 0 Å². The van der Waals surface area contributed by atoms with Crippen molar-refractivity contribution in [3.8, 4) is 0 Å². The van der Waals surface area contributed by atoms with E-state index in [9.17, 15) is 14.4 Å². The van der Waals surface area contributed by atoms with Gasteiger partial charge in [0.2, 0.25) is 5.91 Å². The fourth-order valence-electron chi connectivity index (χ4n) is 4.54. The third kappa shape index (κ3) is 3.67. The summed E-state index contributed by atoms with van der Waals surface area (Å²) in [6.45, 7) is 3.26. The molecule has 29 heavy (non-hydrogen) atoms. The maximum atomic E-state index is 12.7. The number of amides is 2. The molecule has 2 aromatic rings. The molecule has 8 nitrogen and oxygen atoms in total. The van der Waals surface area contributed by atoms with Gasteiger partial charge in [0, 0.05) is 49.2 Å². The number of aromatic nitrogens is 2. The number of hydrogen-bond donors (Lipinski definition) is 2. The number of nitrogens with two attached hydrogens (primary N) is 1. The van der Waals surface area contributed by atoms with Crippen molar-refractivity contribution in [3.05, 3.63) is 63.8 Å². The number of aryl methyl sites for hydroxylation is 1. The highest BCUT2D eigenvalue weighted by Gasteiger charge is 2.41. The first-order chi connectivity index (χ1) is 14.0. The molecule has 0 aromatic carbocycles. The molecule has 2 aromatic heterocycles. The molecule has 152 valence electrons. The summed E-state index contributed by atoms with van der Waals surface area (Å²) in [7, 11) is 0. The third-order valence-corrected chi connectivity index (χ3v) is 5.97. The first-order valence-corrected chi connectivity index (χ1v) is 9.88. The molecule has 2 aliphatic heterocycles. The van der Waals surface area contributed by atoms with Gasteiger partial charge in [-0.1, -0.05) is 6.07 Å². The zero-order valence-corrected chi connectivity index (χ0v) is 16.4. The summed E-state index contributed by atoms with van der Waals surface area (Å²) in [6.07, 6.45) is 2.42. The average Bonchev–Trinajstić information content (AvgIpc) is 2.73. The van der Waals surface area contributed by atoms with E-state index < -0.39 is 0 Å². The van der Waals surface area contributed by atoms with Gasteiger partial charge < -0.3 is 20.5 Å². The third-order valence-electron chi connectivity index (χ3n) is 5.97. The normalized spacial score (nSPS) is 22.7. The molecular formula is C21H25N5O3. The summed E-state index contributed by atoms with van der Waals surface area (Å²) < 4.78 is 1.80. The average molecular weight is 395 g/mol. The van der Waals surface area contributed by atoms with Crippen LogP contribution in [-0.2, 0) is 4.79 Å². The van der Waals surface area contributed by atoms with Crippen molar-refractivity contribution in [3.63, 3.8) is 0 Å². The fraction of sp³-hybridized carbons (Fsp3) is 0.429. The van der Waals surface area contributed by atoms with E-state index in [0.29, 0.717) is 25.2 Å². The number of hydrogen-bond acceptors (Lipinski definition) is 5. The molecule has 0 spiro atoms. The van der Waals surface area contributed by atoms with Gasteiger partial charge in [0.05, 0.1) is 18.2 Å². The van der Waals surface area contributed by atoms with E-state index in [2.05, 4.69) is 10.3 Å². The Balaban J connectivity index is 1.60. The van der Waals surface area contributed by atoms with Crippen molar-refractivity contribution in [2.24, 2.45) is 11.7 Å². The Morgan fingerprint density at radius 1 is 1.24 bits per heavy atom. The van der Waals surface area contributed by atoms with E-state index >= 15 is 0 Å². The van der Waals surface area contributed by atoms with Gasteiger partial charge in [-0.25, -0.2) is 0 Å². The molecule has 4 heterocycles. The van der Waals surface area contributed by atoms with Gasteiger partial charge in [-0.2, -0.15) is 0 Å². The van der Waals surface area contributed by atoms with Crippen LogP contribution in [0.3, 0.4) is 0 Å². The summed E-state index contributed by atoms with van der Waals surface area (Å²) in [5.41, 5.74) is 7.73. The van der Waals surface area contributed by atoms with Crippen LogP contribution in [0.4, 0.5) is 0 Å². The smallest absolute Gasteiger partial charge is 0.252 e. The molecule has 3 N–H and O–H groups in total. The van der Waals surface area contributed by atoms with Crippen LogP contribution in [0, 0.1) is 12.8 Å². The number of carbonyl (C=O) groups is 2. The lowest BCUT2D eigenvalue weighted by Crippen LogP contribution is -2.54.